The fraction of sp³-hybridized carbons (Fsp3) is 0.250. The lowest BCUT2D eigenvalue weighted by Gasteiger charge is -2.18. The molecular formula is C12H9ClF3N3O. The quantitative estimate of drug-likeness (QED) is 0.912. The van der Waals surface area contributed by atoms with Gasteiger partial charge in [0.2, 0.25) is 0 Å². The minimum Gasteiger partial charge on any atom is -0.387 e. The van der Waals surface area contributed by atoms with Crippen LogP contribution < -0.4 is 5.32 Å². The van der Waals surface area contributed by atoms with Crippen molar-refractivity contribution >= 4 is 35.6 Å². The van der Waals surface area contributed by atoms with Crippen LogP contribution in [0.3, 0.4) is 0 Å². The largest absolute Gasteiger partial charge is 0.417 e. The van der Waals surface area contributed by atoms with E-state index in [0.29, 0.717) is 0 Å². The van der Waals surface area contributed by atoms with Gasteiger partial charge in [0.15, 0.2) is 6.04 Å². The number of alkyl halides is 3. The molecule has 0 fully saturated rings. The number of halogens is 4. The van der Waals surface area contributed by atoms with Crippen LogP contribution in [0.2, 0.25) is 5.02 Å². The van der Waals surface area contributed by atoms with Gasteiger partial charge in [0.25, 0.3) is 5.91 Å². The molecule has 1 aliphatic rings. The molecule has 1 aromatic carbocycles. The lowest BCUT2D eigenvalue weighted by atomic mass is 10.0. The number of nitrogens with one attached hydrogen (secondary N) is 1. The van der Waals surface area contributed by atoms with Crippen LogP contribution >= 0.6 is 11.6 Å². The highest BCUT2D eigenvalue weighted by Gasteiger charge is 2.36. The molecule has 1 heterocycles. The van der Waals surface area contributed by atoms with Crippen molar-refractivity contribution in [3.8, 4) is 0 Å². The Hall–Kier alpha value is -1.89. The zero-order valence-electron chi connectivity index (χ0n) is 10.2. The van der Waals surface area contributed by atoms with Gasteiger partial charge in [0.1, 0.15) is 0 Å². The SMILES string of the molecule is CNc1cc(C2N=CC=NC2=O)cc(C(F)(F)F)c1Cl. The van der Waals surface area contributed by atoms with Crippen LogP contribution in [0.5, 0.6) is 0 Å². The Morgan fingerprint density at radius 2 is 2.00 bits per heavy atom. The number of hydrogen-bond donors (Lipinski definition) is 1. The van der Waals surface area contributed by atoms with E-state index in [1.165, 1.54) is 25.5 Å². The average Bonchev–Trinajstić information content (AvgIpc) is 2.38. The Bertz CT molecular complexity index is 611. The number of benzene rings is 1. The zero-order valence-corrected chi connectivity index (χ0v) is 11.0. The highest BCUT2D eigenvalue weighted by atomic mass is 35.5. The van der Waals surface area contributed by atoms with Gasteiger partial charge >= 0.3 is 6.18 Å². The first-order chi connectivity index (χ1) is 9.34. The average molecular weight is 304 g/mol. The molecule has 4 nitrogen and oxygen atoms in total. The Kier molecular flexibility index (Phi) is 3.80. The highest BCUT2D eigenvalue weighted by molar-refractivity contribution is 6.34. The summed E-state index contributed by atoms with van der Waals surface area (Å²) in [6, 6.07) is 1.10. The summed E-state index contributed by atoms with van der Waals surface area (Å²) in [5, 5.41) is 2.12. The number of carbonyl (C=O) groups is 1. The van der Waals surface area contributed by atoms with E-state index in [-0.39, 0.29) is 11.3 Å². The van der Waals surface area contributed by atoms with Crippen molar-refractivity contribution in [2.75, 3.05) is 12.4 Å². The minimum absolute atomic E-state index is 0.0778. The van der Waals surface area contributed by atoms with E-state index in [4.69, 9.17) is 11.6 Å². The van der Waals surface area contributed by atoms with E-state index in [1.54, 1.807) is 0 Å². The molecule has 1 aromatic rings. The summed E-state index contributed by atoms with van der Waals surface area (Å²) in [5.74, 6) is -0.620. The summed E-state index contributed by atoms with van der Waals surface area (Å²) in [7, 11) is 1.44. The maximum atomic E-state index is 12.9. The summed E-state index contributed by atoms with van der Waals surface area (Å²) in [6.07, 6.45) is -2.16. The van der Waals surface area contributed by atoms with Crippen LogP contribution in [0, 0.1) is 0 Å². The number of nitrogens with zero attached hydrogens (tertiary/aromatic N) is 2. The number of amides is 1. The third-order valence-corrected chi connectivity index (χ3v) is 3.13. The van der Waals surface area contributed by atoms with Gasteiger partial charge in [0, 0.05) is 19.5 Å². The van der Waals surface area contributed by atoms with Crippen LogP contribution in [0.25, 0.3) is 0 Å². The Balaban J connectivity index is 2.58. The Labute approximate surface area is 117 Å². The van der Waals surface area contributed by atoms with Gasteiger partial charge in [-0.05, 0) is 17.7 Å². The van der Waals surface area contributed by atoms with Crippen molar-refractivity contribution in [2.24, 2.45) is 9.98 Å². The van der Waals surface area contributed by atoms with E-state index in [9.17, 15) is 18.0 Å². The molecule has 1 N–H and O–H groups in total. The highest BCUT2D eigenvalue weighted by Crippen LogP contribution is 2.40. The normalized spacial score (nSPS) is 18.4. The number of anilines is 1. The smallest absolute Gasteiger partial charge is 0.387 e. The van der Waals surface area contributed by atoms with Crippen molar-refractivity contribution in [1.29, 1.82) is 0 Å². The van der Waals surface area contributed by atoms with E-state index in [1.807, 2.05) is 0 Å². The van der Waals surface area contributed by atoms with Gasteiger partial charge in [-0.2, -0.15) is 13.2 Å². The molecule has 20 heavy (non-hydrogen) atoms. The summed E-state index contributed by atoms with van der Waals surface area (Å²) < 4.78 is 38.8. The summed E-state index contributed by atoms with van der Waals surface area (Å²) >= 11 is 5.71. The summed E-state index contributed by atoms with van der Waals surface area (Å²) in [4.78, 5) is 19.0. The van der Waals surface area contributed by atoms with E-state index in [0.717, 1.165) is 6.07 Å². The van der Waals surface area contributed by atoms with Gasteiger partial charge in [-0.3, -0.25) is 9.79 Å². The number of carbonyl (C=O) groups excluding carboxylic acids is 1. The predicted molar refractivity (Wildman–Crippen MR) is 70.7 cm³/mol. The molecule has 0 radical (unpaired) electrons. The minimum atomic E-state index is -4.62. The third kappa shape index (κ3) is 2.67. The molecule has 0 spiro atoms. The van der Waals surface area contributed by atoms with Gasteiger partial charge in [-0.1, -0.05) is 11.6 Å². The van der Waals surface area contributed by atoms with E-state index < -0.39 is 28.7 Å². The van der Waals surface area contributed by atoms with Crippen LogP contribution in [-0.2, 0) is 11.0 Å². The van der Waals surface area contributed by atoms with Crippen LogP contribution in [0.1, 0.15) is 17.2 Å². The Morgan fingerprint density at radius 3 is 2.55 bits per heavy atom. The number of aliphatic imine (C=N–C) groups is 2. The van der Waals surface area contributed by atoms with Gasteiger partial charge in [0.05, 0.1) is 16.3 Å². The predicted octanol–water partition coefficient (Wildman–Crippen LogP) is 3.12. The van der Waals surface area contributed by atoms with Crippen molar-refractivity contribution < 1.29 is 18.0 Å². The van der Waals surface area contributed by atoms with Crippen LogP contribution in [0.4, 0.5) is 18.9 Å². The molecular weight excluding hydrogens is 295 g/mol. The fourth-order valence-corrected chi connectivity index (χ4v) is 2.10. The van der Waals surface area contributed by atoms with Crippen LogP contribution in [0.15, 0.2) is 22.1 Å². The maximum Gasteiger partial charge on any atom is 0.417 e. The molecule has 8 heteroatoms. The monoisotopic (exact) mass is 303 g/mol. The molecule has 1 atom stereocenters. The maximum absolute atomic E-state index is 12.9. The molecule has 0 saturated carbocycles. The van der Waals surface area contributed by atoms with Gasteiger partial charge in [-0.15, -0.1) is 0 Å². The zero-order chi connectivity index (χ0) is 14.9. The molecule has 0 aliphatic carbocycles. The molecule has 1 unspecified atom stereocenters. The lowest BCUT2D eigenvalue weighted by molar-refractivity contribution is -0.137. The summed E-state index contributed by atoms with van der Waals surface area (Å²) in [5.41, 5.74) is -0.850. The first-order valence-corrected chi connectivity index (χ1v) is 5.90. The number of hydrogen-bond acceptors (Lipinski definition) is 3. The molecule has 0 aromatic heterocycles. The first kappa shape index (κ1) is 14.5. The standard InChI is InChI=1S/C12H9ClF3N3O/c1-17-8-5-6(10-11(20)19-3-2-18-10)4-7(9(8)13)12(14,15)16/h2-5,10,17H,1H3. The van der Waals surface area contributed by atoms with Gasteiger partial charge < -0.3 is 5.32 Å². The van der Waals surface area contributed by atoms with E-state index >= 15 is 0 Å². The Morgan fingerprint density at radius 1 is 1.30 bits per heavy atom. The van der Waals surface area contributed by atoms with Crippen molar-refractivity contribution in [3.63, 3.8) is 0 Å². The molecule has 2 rings (SSSR count). The second-order valence-corrected chi connectivity index (χ2v) is 4.37. The van der Waals surface area contributed by atoms with Crippen LogP contribution in [-0.4, -0.2) is 25.4 Å². The van der Waals surface area contributed by atoms with Crippen molar-refractivity contribution in [3.05, 3.63) is 28.3 Å². The lowest BCUT2D eigenvalue weighted by Crippen LogP contribution is -2.15. The first-order valence-electron chi connectivity index (χ1n) is 5.52. The van der Waals surface area contributed by atoms with Gasteiger partial charge in [-0.25, -0.2) is 4.99 Å². The fourth-order valence-electron chi connectivity index (χ4n) is 1.79. The summed E-state index contributed by atoms with van der Waals surface area (Å²) in [6.45, 7) is 0. The second-order valence-electron chi connectivity index (χ2n) is 3.99. The van der Waals surface area contributed by atoms with Crippen molar-refractivity contribution in [1.82, 2.24) is 0 Å². The molecule has 1 aliphatic heterocycles. The molecule has 1 amide bonds. The second kappa shape index (κ2) is 5.24. The number of rotatable bonds is 2. The topological polar surface area (TPSA) is 53.8 Å². The third-order valence-electron chi connectivity index (χ3n) is 2.72. The van der Waals surface area contributed by atoms with Crippen molar-refractivity contribution in [2.45, 2.75) is 12.2 Å². The molecule has 106 valence electrons. The van der Waals surface area contributed by atoms with E-state index in [2.05, 4.69) is 15.3 Å². The molecule has 0 bridgehead atoms. The molecule has 0 saturated heterocycles.